The van der Waals surface area contributed by atoms with Crippen molar-refractivity contribution in [2.45, 2.75) is 19.8 Å². The molecule has 1 aliphatic rings. The summed E-state index contributed by atoms with van der Waals surface area (Å²) in [5, 5.41) is 3.91. The van der Waals surface area contributed by atoms with E-state index in [1.807, 2.05) is 25.1 Å². The largest absolute Gasteiger partial charge is 0.347 e. The summed E-state index contributed by atoms with van der Waals surface area (Å²) < 4.78 is 15.3. The Balaban J connectivity index is 1.49. The average Bonchev–Trinajstić information content (AvgIpc) is 3.07. The van der Waals surface area contributed by atoms with Crippen LogP contribution in [0.3, 0.4) is 0 Å². The molecule has 4 rings (SSSR count). The normalized spacial score (nSPS) is 17.3. The Hall–Kier alpha value is -1.99. The van der Waals surface area contributed by atoms with E-state index in [2.05, 4.69) is 31.1 Å². The molecule has 0 bridgehead atoms. The van der Waals surface area contributed by atoms with E-state index in [1.165, 1.54) is 23.5 Å². The minimum absolute atomic E-state index is 0.0391. The van der Waals surface area contributed by atoms with Crippen molar-refractivity contribution in [3.63, 3.8) is 0 Å². The highest BCUT2D eigenvalue weighted by molar-refractivity contribution is 9.10. The lowest BCUT2D eigenvalue weighted by molar-refractivity contribution is -0.120. The highest BCUT2D eigenvalue weighted by Gasteiger charge is 2.27. The van der Waals surface area contributed by atoms with Gasteiger partial charge < -0.3 is 10.2 Å². The molecule has 1 atom stereocenters. The van der Waals surface area contributed by atoms with Crippen LogP contribution < -0.4 is 10.2 Å². The van der Waals surface area contributed by atoms with Gasteiger partial charge in [0.15, 0.2) is 5.13 Å². The van der Waals surface area contributed by atoms with Crippen molar-refractivity contribution in [3.05, 3.63) is 52.3 Å². The number of rotatable bonds is 3. The number of hydrogen-bond acceptors (Lipinski definition) is 4. The number of aryl methyl sites for hydroxylation is 1. The highest BCUT2D eigenvalue weighted by atomic mass is 79.9. The Morgan fingerprint density at radius 2 is 2.19 bits per heavy atom. The molecule has 1 saturated heterocycles. The van der Waals surface area contributed by atoms with Gasteiger partial charge in [-0.2, -0.15) is 0 Å². The monoisotopic (exact) mass is 447 g/mol. The van der Waals surface area contributed by atoms with Crippen LogP contribution in [-0.2, 0) is 4.79 Å². The minimum Gasteiger partial charge on any atom is -0.347 e. The Morgan fingerprint density at radius 3 is 3.00 bits per heavy atom. The Labute approximate surface area is 169 Å². The zero-order valence-electron chi connectivity index (χ0n) is 14.8. The summed E-state index contributed by atoms with van der Waals surface area (Å²) in [5.41, 5.74) is 2.67. The van der Waals surface area contributed by atoms with Gasteiger partial charge in [0, 0.05) is 23.2 Å². The van der Waals surface area contributed by atoms with Gasteiger partial charge in [-0.3, -0.25) is 4.79 Å². The molecule has 27 heavy (non-hydrogen) atoms. The SMILES string of the molecule is Cc1cc(Br)ccc1NC(=O)C1CCCN(c2nc3ccc(F)cc3s2)C1. The fourth-order valence-electron chi connectivity index (χ4n) is 3.39. The van der Waals surface area contributed by atoms with Crippen LogP contribution in [0.2, 0.25) is 0 Å². The van der Waals surface area contributed by atoms with Gasteiger partial charge in [0.05, 0.1) is 16.1 Å². The number of carbonyl (C=O) groups excluding carboxylic acids is 1. The van der Waals surface area contributed by atoms with Gasteiger partial charge in [-0.1, -0.05) is 27.3 Å². The van der Waals surface area contributed by atoms with Gasteiger partial charge in [0.1, 0.15) is 5.82 Å². The number of fused-ring (bicyclic) bond motifs is 1. The van der Waals surface area contributed by atoms with Crippen LogP contribution in [0.5, 0.6) is 0 Å². The van der Waals surface area contributed by atoms with Crippen LogP contribution in [0.1, 0.15) is 18.4 Å². The standard InChI is InChI=1S/C20H19BrFN3OS/c1-12-9-14(21)4-6-16(12)23-19(26)13-3-2-8-25(11-13)20-24-17-7-5-15(22)10-18(17)27-20/h4-7,9-10,13H,2-3,8,11H2,1H3,(H,23,26). The number of nitrogens with zero attached hydrogens (tertiary/aromatic N) is 2. The molecule has 0 saturated carbocycles. The molecule has 1 aliphatic heterocycles. The number of benzene rings is 2. The van der Waals surface area contributed by atoms with Crippen molar-refractivity contribution >= 4 is 54.2 Å². The zero-order valence-corrected chi connectivity index (χ0v) is 17.2. The lowest BCUT2D eigenvalue weighted by atomic mass is 9.97. The third-order valence-electron chi connectivity index (χ3n) is 4.85. The first-order valence-corrected chi connectivity index (χ1v) is 10.5. The molecule has 3 aromatic rings. The van der Waals surface area contributed by atoms with Crippen molar-refractivity contribution < 1.29 is 9.18 Å². The Morgan fingerprint density at radius 1 is 1.33 bits per heavy atom. The topological polar surface area (TPSA) is 45.2 Å². The van der Waals surface area contributed by atoms with Crippen LogP contribution >= 0.6 is 27.3 Å². The van der Waals surface area contributed by atoms with Crippen molar-refractivity contribution in [3.8, 4) is 0 Å². The number of carbonyl (C=O) groups is 1. The Bertz CT molecular complexity index is 1010. The second-order valence-electron chi connectivity index (χ2n) is 6.84. The van der Waals surface area contributed by atoms with E-state index >= 15 is 0 Å². The number of halogens is 2. The van der Waals surface area contributed by atoms with Gasteiger partial charge in [-0.05, 0) is 61.7 Å². The maximum atomic E-state index is 13.4. The summed E-state index contributed by atoms with van der Waals surface area (Å²) in [4.78, 5) is 19.5. The van der Waals surface area contributed by atoms with E-state index in [4.69, 9.17) is 0 Å². The molecular weight excluding hydrogens is 429 g/mol. The maximum absolute atomic E-state index is 13.4. The molecule has 2 aromatic carbocycles. The fraction of sp³-hybridized carbons (Fsp3) is 0.300. The van der Waals surface area contributed by atoms with Gasteiger partial charge in [0.25, 0.3) is 0 Å². The number of nitrogens with one attached hydrogen (secondary N) is 1. The van der Waals surface area contributed by atoms with Gasteiger partial charge in [-0.25, -0.2) is 9.37 Å². The van der Waals surface area contributed by atoms with Crippen molar-refractivity contribution in [2.75, 3.05) is 23.3 Å². The molecule has 0 radical (unpaired) electrons. The van der Waals surface area contributed by atoms with Crippen molar-refractivity contribution in [1.82, 2.24) is 4.98 Å². The van der Waals surface area contributed by atoms with E-state index < -0.39 is 0 Å². The fourth-order valence-corrected chi connectivity index (χ4v) is 4.89. The maximum Gasteiger partial charge on any atom is 0.229 e. The molecule has 0 spiro atoms. The molecule has 1 N–H and O–H groups in total. The van der Waals surface area contributed by atoms with Crippen LogP contribution in [0, 0.1) is 18.7 Å². The van der Waals surface area contributed by atoms with Crippen LogP contribution in [0.25, 0.3) is 10.2 Å². The number of aromatic nitrogens is 1. The first-order valence-electron chi connectivity index (χ1n) is 8.87. The summed E-state index contributed by atoms with van der Waals surface area (Å²) >= 11 is 4.92. The van der Waals surface area contributed by atoms with E-state index in [-0.39, 0.29) is 17.6 Å². The summed E-state index contributed by atoms with van der Waals surface area (Å²) in [6, 6.07) is 10.5. The van der Waals surface area contributed by atoms with Crippen molar-refractivity contribution in [2.24, 2.45) is 5.92 Å². The molecule has 1 amide bonds. The van der Waals surface area contributed by atoms with E-state index in [0.29, 0.717) is 6.54 Å². The molecule has 7 heteroatoms. The number of amides is 1. The molecule has 2 heterocycles. The quantitative estimate of drug-likeness (QED) is 0.587. The number of piperidine rings is 1. The van der Waals surface area contributed by atoms with Crippen LogP contribution in [-0.4, -0.2) is 24.0 Å². The summed E-state index contributed by atoms with van der Waals surface area (Å²) in [6.45, 7) is 3.47. The minimum atomic E-state index is -0.251. The molecule has 1 aromatic heterocycles. The van der Waals surface area contributed by atoms with E-state index in [9.17, 15) is 9.18 Å². The lowest BCUT2D eigenvalue weighted by Gasteiger charge is -2.31. The molecule has 1 fully saturated rings. The van der Waals surface area contributed by atoms with Gasteiger partial charge in [-0.15, -0.1) is 0 Å². The molecule has 4 nitrogen and oxygen atoms in total. The van der Waals surface area contributed by atoms with E-state index in [1.54, 1.807) is 6.07 Å². The second kappa shape index (κ2) is 7.56. The van der Waals surface area contributed by atoms with Crippen LogP contribution in [0.15, 0.2) is 40.9 Å². The van der Waals surface area contributed by atoms with Gasteiger partial charge in [0.2, 0.25) is 5.91 Å². The molecule has 140 valence electrons. The smallest absolute Gasteiger partial charge is 0.229 e. The van der Waals surface area contributed by atoms with Gasteiger partial charge >= 0.3 is 0 Å². The predicted octanol–water partition coefficient (Wildman–Crippen LogP) is 5.36. The summed E-state index contributed by atoms with van der Waals surface area (Å²) in [5.74, 6) is -0.304. The molecule has 0 aliphatic carbocycles. The highest BCUT2D eigenvalue weighted by Crippen LogP contribution is 2.32. The first kappa shape index (κ1) is 18.4. The first-order chi connectivity index (χ1) is 13.0. The predicted molar refractivity (Wildman–Crippen MR) is 112 cm³/mol. The molecule has 1 unspecified atom stereocenters. The molecular formula is C20H19BrFN3OS. The zero-order chi connectivity index (χ0) is 19.0. The van der Waals surface area contributed by atoms with Crippen LogP contribution in [0.4, 0.5) is 15.2 Å². The Kier molecular flexibility index (Phi) is 5.14. The van der Waals surface area contributed by atoms with Crippen molar-refractivity contribution in [1.29, 1.82) is 0 Å². The summed E-state index contributed by atoms with van der Waals surface area (Å²) in [6.07, 6.45) is 1.79. The third-order valence-corrected chi connectivity index (χ3v) is 6.42. The second-order valence-corrected chi connectivity index (χ2v) is 8.77. The summed E-state index contributed by atoms with van der Waals surface area (Å²) in [7, 11) is 0. The van der Waals surface area contributed by atoms with E-state index in [0.717, 1.165) is 50.5 Å². The number of hydrogen-bond donors (Lipinski definition) is 1. The third kappa shape index (κ3) is 3.99. The number of thiazole rings is 1. The lowest BCUT2D eigenvalue weighted by Crippen LogP contribution is -2.40. The number of anilines is 2. The average molecular weight is 448 g/mol.